The average Bonchev–Trinajstić information content (AvgIpc) is 2.61. The second kappa shape index (κ2) is 11.4. The van der Waals surface area contributed by atoms with Crippen LogP contribution in [0.15, 0.2) is 54.4 Å². The van der Waals surface area contributed by atoms with Crippen molar-refractivity contribution < 1.29 is 18.7 Å². The van der Waals surface area contributed by atoms with Crippen molar-refractivity contribution >= 4 is 26.4 Å². The highest BCUT2D eigenvalue weighted by Crippen LogP contribution is 2.12. The first-order valence-electron chi connectivity index (χ1n) is 8.31. The molecule has 0 aliphatic heterocycles. The molecule has 1 aromatic rings. The van der Waals surface area contributed by atoms with Gasteiger partial charge in [-0.1, -0.05) is 30.9 Å². The number of rotatable bonds is 9. The van der Waals surface area contributed by atoms with Crippen LogP contribution < -0.4 is 10.6 Å². The van der Waals surface area contributed by atoms with Crippen molar-refractivity contribution in [3.05, 3.63) is 65.5 Å². The molecule has 26 heavy (non-hydrogen) atoms. The molecule has 0 fully saturated rings. The van der Waals surface area contributed by atoms with E-state index < -0.39 is 0 Å². The van der Waals surface area contributed by atoms with Gasteiger partial charge in [0.2, 0.25) is 0 Å². The van der Waals surface area contributed by atoms with Crippen LogP contribution in [0.4, 0.5) is 4.39 Å². The third-order valence-corrected chi connectivity index (χ3v) is 4.10. The molecule has 0 radical (unpaired) electrons. The Labute approximate surface area is 156 Å². The molecular formula is C20H25FNO3P. The van der Waals surface area contributed by atoms with Crippen LogP contribution in [0.1, 0.15) is 36.2 Å². The summed E-state index contributed by atoms with van der Waals surface area (Å²) in [5.74, 6) is -0.899. The van der Waals surface area contributed by atoms with Gasteiger partial charge in [-0.25, -0.2) is 4.39 Å². The number of benzene rings is 1. The summed E-state index contributed by atoms with van der Waals surface area (Å²) in [4.78, 5) is 23.3. The zero-order chi connectivity index (χ0) is 19.5. The quantitative estimate of drug-likeness (QED) is 0.311. The Morgan fingerprint density at radius 2 is 2.08 bits per heavy atom. The van der Waals surface area contributed by atoms with Crippen molar-refractivity contribution in [2.75, 3.05) is 13.2 Å². The minimum Gasteiger partial charge on any atom is -0.466 e. The van der Waals surface area contributed by atoms with E-state index in [9.17, 15) is 14.0 Å². The van der Waals surface area contributed by atoms with E-state index in [1.54, 1.807) is 13.0 Å². The number of nitrogens with one attached hydrogen (secondary N) is 1. The number of hydrogen-bond donors (Lipinski definition) is 1. The highest BCUT2D eigenvalue weighted by Gasteiger charge is 2.13. The number of ether oxygens (including phenoxy) is 1. The maximum atomic E-state index is 13.1. The Morgan fingerprint density at radius 1 is 1.35 bits per heavy atom. The zero-order valence-electron chi connectivity index (χ0n) is 15.2. The first kappa shape index (κ1) is 21.8. The molecule has 0 aliphatic rings. The van der Waals surface area contributed by atoms with Gasteiger partial charge in [0.25, 0.3) is 5.91 Å². The van der Waals surface area contributed by atoms with Crippen LogP contribution in [0.5, 0.6) is 0 Å². The lowest BCUT2D eigenvalue weighted by atomic mass is 10.0. The van der Waals surface area contributed by atoms with Crippen molar-refractivity contribution in [3.8, 4) is 0 Å². The van der Waals surface area contributed by atoms with Crippen molar-refractivity contribution in [3.63, 3.8) is 0 Å². The Hall–Kier alpha value is -2.26. The van der Waals surface area contributed by atoms with Gasteiger partial charge in [-0.15, -0.1) is 9.24 Å². The summed E-state index contributed by atoms with van der Waals surface area (Å²) >= 11 is 0. The predicted molar refractivity (Wildman–Crippen MR) is 106 cm³/mol. The number of carbonyl (C=O) groups is 2. The van der Waals surface area contributed by atoms with Crippen LogP contribution in [0.3, 0.4) is 0 Å². The van der Waals surface area contributed by atoms with E-state index >= 15 is 0 Å². The predicted octanol–water partition coefficient (Wildman–Crippen LogP) is 3.40. The lowest BCUT2D eigenvalue weighted by Gasteiger charge is -2.13. The average molecular weight is 377 g/mol. The largest absolute Gasteiger partial charge is 0.466 e. The smallest absolute Gasteiger partial charge is 0.302 e. The van der Waals surface area contributed by atoms with Gasteiger partial charge in [0, 0.05) is 19.0 Å². The maximum absolute atomic E-state index is 13.1. The summed E-state index contributed by atoms with van der Waals surface area (Å²) in [5.41, 5.74) is 2.05. The summed E-state index contributed by atoms with van der Waals surface area (Å²) in [6.45, 7) is 7.30. The minimum absolute atomic E-state index is 0.223. The fourth-order valence-electron chi connectivity index (χ4n) is 2.20. The Balaban J connectivity index is 2.70. The first-order chi connectivity index (χ1) is 12.3. The second-order valence-corrected chi connectivity index (χ2v) is 6.29. The molecule has 1 amide bonds. The van der Waals surface area contributed by atoms with E-state index in [0.717, 1.165) is 10.9 Å². The van der Waals surface area contributed by atoms with Crippen LogP contribution in [0.2, 0.25) is 0 Å². The molecule has 1 rings (SSSR count). The van der Waals surface area contributed by atoms with Gasteiger partial charge >= 0.3 is 5.97 Å². The normalized spacial score (nSPS) is 11.5. The molecular weight excluding hydrogens is 352 g/mol. The van der Waals surface area contributed by atoms with E-state index in [1.807, 2.05) is 12.1 Å². The molecule has 1 N–H and O–H groups in total. The topological polar surface area (TPSA) is 55.4 Å². The summed E-state index contributed by atoms with van der Waals surface area (Å²) in [6, 6.07) is 5.47. The Morgan fingerprint density at radius 3 is 2.73 bits per heavy atom. The molecule has 1 aromatic carbocycles. The zero-order valence-corrected chi connectivity index (χ0v) is 16.3. The van der Waals surface area contributed by atoms with E-state index in [0.29, 0.717) is 30.6 Å². The number of carbonyl (C=O) groups excluding carboxylic acids is 2. The molecule has 0 bridgehead atoms. The van der Waals surface area contributed by atoms with Gasteiger partial charge in [-0.3, -0.25) is 9.59 Å². The molecule has 4 nitrogen and oxygen atoms in total. The van der Waals surface area contributed by atoms with Gasteiger partial charge in [-0.05, 0) is 48.3 Å². The van der Waals surface area contributed by atoms with Crippen molar-refractivity contribution in [2.24, 2.45) is 0 Å². The fraction of sp³-hybridized carbons (Fsp3) is 0.300. The molecule has 140 valence electrons. The van der Waals surface area contributed by atoms with Gasteiger partial charge in [0.1, 0.15) is 5.83 Å². The van der Waals surface area contributed by atoms with Gasteiger partial charge in [0.15, 0.2) is 0 Å². The first-order valence-corrected chi connectivity index (χ1v) is 8.89. The van der Waals surface area contributed by atoms with Crippen LogP contribution in [-0.2, 0) is 16.0 Å². The standard InChI is InChI=1S/C20H25FNO3P/c1-4-16(21)11-10-14(2)13-22-20(24)18-7-5-9-19(26)17(18)8-6-12-25-15(3)23/h4-5,7,9-11H,2,6,8,12-13,26H2,1,3H3,(H,22,24)/b11-10-,16-4+. The van der Waals surface area contributed by atoms with E-state index in [-0.39, 0.29) is 24.2 Å². The van der Waals surface area contributed by atoms with Crippen LogP contribution in [-0.4, -0.2) is 25.0 Å². The van der Waals surface area contributed by atoms with Crippen LogP contribution >= 0.6 is 9.24 Å². The molecule has 0 aliphatic carbocycles. The molecule has 1 atom stereocenters. The molecule has 0 spiro atoms. The lowest BCUT2D eigenvalue weighted by Crippen LogP contribution is -2.27. The van der Waals surface area contributed by atoms with Crippen molar-refractivity contribution in [2.45, 2.75) is 26.7 Å². The number of hydrogen-bond acceptors (Lipinski definition) is 3. The van der Waals surface area contributed by atoms with Crippen molar-refractivity contribution in [1.82, 2.24) is 5.32 Å². The van der Waals surface area contributed by atoms with Gasteiger partial charge in [-0.2, -0.15) is 0 Å². The van der Waals surface area contributed by atoms with Gasteiger partial charge < -0.3 is 10.1 Å². The molecule has 0 aromatic heterocycles. The summed E-state index contributed by atoms with van der Waals surface area (Å²) in [5, 5.41) is 3.72. The Bertz CT molecular complexity index is 726. The number of halogens is 1. The molecule has 1 unspecified atom stereocenters. The third-order valence-electron chi connectivity index (χ3n) is 3.56. The Kier molecular flexibility index (Phi) is 9.53. The third kappa shape index (κ3) is 7.75. The maximum Gasteiger partial charge on any atom is 0.302 e. The van der Waals surface area contributed by atoms with Crippen molar-refractivity contribution in [1.29, 1.82) is 0 Å². The number of allylic oxidation sites excluding steroid dienone is 3. The number of amides is 1. The SMILES string of the molecule is C=C(/C=C\C(F)=C/C)CNC(=O)c1cccc(P)c1CCCOC(C)=O. The van der Waals surface area contributed by atoms with Gasteiger partial charge in [0.05, 0.1) is 6.61 Å². The highest BCUT2D eigenvalue weighted by atomic mass is 31.0. The number of esters is 1. The summed E-state index contributed by atoms with van der Waals surface area (Å²) in [6.07, 6.45) is 5.42. The van der Waals surface area contributed by atoms with E-state index in [2.05, 4.69) is 21.1 Å². The fourth-order valence-corrected chi connectivity index (χ4v) is 2.61. The van der Waals surface area contributed by atoms with Crippen LogP contribution in [0, 0.1) is 0 Å². The minimum atomic E-state index is -0.358. The second-order valence-electron chi connectivity index (χ2n) is 5.66. The molecule has 6 heteroatoms. The summed E-state index contributed by atoms with van der Waals surface area (Å²) in [7, 11) is 2.62. The molecule has 0 heterocycles. The monoisotopic (exact) mass is 377 g/mol. The molecule has 0 saturated carbocycles. The molecule has 0 saturated heterocycles. The van der Waals surface area contributed by atoms with E-state index in [4.69, 9.17) is 4.74 Å². The van der Waals surface area contributed by atoms with E-state index in [1.165, 1.54) is 25.2 Å². The summed E-state index contributed by atoms with van der Waals surface area (Å²) < 4.78 is 18.0. The van der Waals surface area contributed by atoms with Crippen LogP contribution in [0.25, 0.3) is 0 Å². The lowest BCUT2D eigenvalue weighted by molar-refractivity contribution is -0.141. The highest BCUT2D eigenvalue weighted by molar-refractivity contribution is 7.27.